The van der Waals surface area contributed by atoms with Crippen LogP contribution in [0.1, 0.15) is 19.4 Å². The van der Waals surface area contributed by atoms with Gasteiger partial charge >= 0.3 is 5.97 Å². The van der Waals surface area contributed by atoms with Crippen molar-refractivity contribution >= 4 is 16.7 Å². The minimum atomic E-state index is -0.898. The summed E-state index contributed by atoms with van der Waals surface area (Å²) >= 11 is 0. The normalized spacial score (nSPS) is 12.4. The zero-order chi connectivity index (χ0) is 14.8. The Labute approximate surface area is 121 Å². The van der Waals surface area contributed by atoms with Crippen LogP contribution in [0.2, 0.25) is 0 Å². The summed E-state index contributed by atoms with van der Waals surface area (Å²) in [6, 6.07) is 13.4. The van der Waals surface area contributed by atoms with Crippen molar-refractivity contribution in [2.24, 2.45) is 0 Å². The number of aromatic nitrogens is 3. The molecule has 1 atom stereocenters. The Morgan fingerprint density at radius 1 is 1.24 bits per heavy atom. The summed E-state index contributed by atoms with van der Waals surface area (Å²) in [7, 11) is 0. The lowest BCUT2D eigenvalue weighted by molar-refractivity contribution is -0.141. The third-order valence-electron chi connectivity index (χ3n) is 3.59. The Bertz CT molecular complexity index is 795. The number of carboxylic acid groups (broad SMARTS) is 1. The van der Waals surface area contributed by atoms with E-state index < -0.39 is 12.0 Å². The van der Waals surface area contributed by atoms with Crippen molar-refractivity contribution in [3.05, 3.63) is 48.7 Å². The van der Waals surface area contributed by atoms with Crippen molar-refractivity contribution in [2.75, 3.05) is 0 Å². The number of hydrogen-bond donors (Lipinski definition) is 1. The molecule has 2 aromatic carbocycles. The van der Waals surface area contributed by atoms with Crippen molar-refractivity contribution in [1.29, 1.82) is 0 Å². The molecule has 5 nitrogen and oxygen atoms in total. The van der Waals surface area contributed by atoms with Crippen molar-refractivity contribution in [3.8, 4) is 11.3 Å². The Morgan fingerprint density at radius 2 is 2.00 bits per heavy atom. The summed E-state index contributed by atoms with van der Waals surface area (Å²) in [5.41, 5.74) is 1.63. The molecule has 0 spiro atoms. The lowest BCUT2D eigenvalue weighted by Crippen LogP contribution is -2.20. The molecule has 1 unspecified atom stereocenters. The van der Waals surface area contributed by atoms with Gasteiger partial charge in [-0.1, -0.05) is 48.5 Å². The number of hydrogen-bond acceptors (Lipinski definition) is 3. The largest absolute Gasteiger partial charge is 0.480 e. The summed E-state index contributed by atoms with van der Waals surface area (Å²) in [6.45, 7) is 1.82. The summed E-state index contributed by atoms with van der Waals surface area (Å²) < 4.78 is 1.48. The molecule has 0 aliphatic carbocycles. The van der Waals surface area contributed by atoms with Gasteiger partial charge in [0.15, 0.2) is 6.04 Å². The molecule has 0 fully saturated rings. The highest BCUT2D eigenvalue weighted by molar-refractivity contribution is 5.87. The van der Waals surface area contributed by atoms with Gasteiger partial charge < -0.3 is 5.11 Å². The Balaban J connectivity index is 2.11. The molecule has 0 saturated carbocycles. The highest BCUT2D eigenvalue weighted by atomic mass is 16.4. The maximum Gasteiger partial charge on any atom is 0.328 e. The van der Waals surface area contributed by atoms with E-state index in [2.05, 4.69) is 10.3 Å². The zero-order valence-corrected chi connectivity index (χ0v) is 11.6. The van der Waals surface area contributed by atoms with E-state index in [1.165, 1.54) is 4.68 Å². The number of benzene rings is 2. The molecule has 1 heterocycles. The molecular weight excluding hydrogens is 266 g/mol. The molecule has 1 N–H and O–H groups in total. The van der Waals surface area contributed by atoms with Gasteiger partial charge in [0.1, 0.15) is 0 Å². The van der Waals surface area contributed by atoms with Gasteiger partial charge in [0, 0.05) is 5.56 Å². The Hall–Kier alpha value is -2.69. The van der Waals surface area contributed by atoms with Crippen LogP contribution in [0.3, 0.4) is 0 Å². The fourth-order valence-electron chi connectivity index (χ4n) is 2.48. The second-order valence-electron chi connectivity index (χ2n) is 4.89. The third kappa shape index (κ3) is 2.38. The van der Waals surface area contributed by atoms with Gasteiger partial charge in [0.2, 0.25) is 0 Å². The second-order valence-corrected chi connectivity index (χ2v) is 4.89. The molecule has 0 bridgehead atoms. The van der Waals surface area contributed by atoms with Crippen LogP contribution in [0.25, 0.3) is 22.0 Å². The smallest absolute Gasteiger partial charge is 0.328 e. The lowest BCUT2D eigenvalue weighted by Gasteiger charge is -2.13. The SMILES string of the molecule is CCC(C(=O)O)n1nncc1-c1ccc2ccccc2c1. The number of aliphatic carboxylic acids is 1. The van der Waals surface area contributed by atoms with Crippen LogP contribution in [0.5, 0.6) is 0 Å². The number of rotatable bonds is 4. The lowest BCUT2D eigenvalue weighted by atomic mass is 10.0. The van der Waals surface area contributed by atoms with Gasteiger partial charge in [-0.2, -0.15) is 0 Å². The Morgan fingerprint density at radius 3 is 2.71 bits per heavy atom. The molecule has 106 valence electrons. The van der Waals surface area contributed by atoms with Gasteiger partial charge in [-0.05, 0) is 23.3 Å². The van der Waals surface area contributed by atoms with Crippen molar-refractivity contribution in [1.82, 2.24) is 15.0 Å². The Kier molecular flexibility index (Phi) is 3.39. The minimum absolute atomic E-state index is 0.458. The van der Waals surface area contributed by atoms with Crippen LogP contribution in [-0.2, 0) is 4.79 Å². The van der Waals surface area contributed by atoms with Crippen LogP contribution in [0.15, 0.2) is 48.7 Å². The molecule has 21 heavy (non-hydrogen) atoms. The van der Waals surface area contributed by atoms with Crippen LogP contribution in [0.4, 0.5) is 0 Å². The van der Waals surface area contributed by atoms with Crippen LogP contribution < -0.4 is 0 Å². The van der Waals surface area contributed by atoms with E-state index in [9.17, 15) is 9.90 Å². The average molecular weight is 281 g/mol. The summed E-state index contributed by atoms with van der Waals surface area (Å²) in [5, 5.41) is 19.4. The van der Waals surface area contributed by atoms with Gasteiger partial charge in [-0.15, -0.1) is 5.10 Å². The quantitative estimate of drug-likeness (QED) is 0.797. The van der Waals surface area contributed by atoms with Gasteiger partial charge in [0.25, 0.3) is 0 Å². The first-order valence-corrected chi connectivity index (χ1v) is 6.83. The van der Waals surface area contributed by atoms with E-state index in [1.54, 1.807) is 6.20 Å². The summed E-state index contributed by atoms with van der Waals surface area (Å²) in [4.78, 5) is 11.3. The molecular formula is C16H15N3O2. The maximum atomic E-state index is 11.3. The molecule has 3 rings (SSSR count). The first kappa shape index (κ1) is 13.3. The summed E-state index contributed by atoms with van der Waals surface area (Å²) in [5.74, 6) is -0.898. The van der Waals surface area contributed by atoms with Gasteiger partial charge in [-0.25, -0.2) is 9.48 Å². The van der Waals surface area contributed by atoms with E-state index >= 15 is 0 Å². The monoisotopic (exact) mass is 281 g/mol. The number of nitrogens with zero attached hydrogens (tertiary/aromatic N) is 3. The second kappa shape index (κ2) is 5.36. The average Bonchev–Trinajstić information content (AvgIpc) is 2.96. The predicted molar refractivity (Wildman–Crippen MR) is 79.9 cm³/mol. The topological polar surface area (TPSA) is 68.0 Å². The van der Waals surface area contributed by atoms with Crippen molar-refractivity contribution in [2.45, 2.75) is 19.4 Å². The predicted octanol–water partition coefficient (Wildman–Crippen LogP) is 3.13. The van der Waals surface area contributed by atoms with Crippen molar-refractivity contribution in [3.63, 3.8) is 0 Å². The number of carbonyl (C=O) groups is 1. The molecule has 0 saturated heterocycles. The fraction of sp³-hybridized carbons (Fsp3) is 0.188. The third-order valence-corrected chi connectivity index (χ3v) is 3.59. The molecule has 1 aromatic heterocycles. The van der Waals surface area contributed by atoms with Crippen LogP contribution in [-0.4, -0.2) is 26.1 Å². The first-order valence-electron chi connectivity index (χ1n) is 6.83. The summed E-state index contributed by atoms with van der Waals surface area (Å²) in [6.07, 6.45) is 2.06. The van der Waals surface area contributed by atoms with Crippen LogP contribution >= 0.6 is 0 Å². The molecule has 0 amide bonds. The highest BCUT2D eigenvalue weighted by Crippen LogP contribution is 2.26. The molecule has 3 aromatic rings. The fourth-order valence-corrected chi connectivity index (χ4v) is 2.48. The first-order chi connectivity index (χ1) is 10.2. The minimum Gasteiger partial charge on any atom is -0.480 e. The standard InChI is InChI=1S/C16H15N3O2/c1-2-14(16(20)21)19-15(10-17-18-19)13-8-7-11-5-3-4-6-12(11)9-13/h3-10,14H,2H2,1H3,(H,20,21). The maximum absolute atomic E-state index is 11.3. The molecule has 0 aliphatic heterocycles. The zero-order valence-electron chi connectivity index (χ0n) is 11.6. The van der Waals surface area contributed by atoms with Gasteiger partial charge in [0.05, 0.1) is 11.9 Å². The molecule has 0 aliphatic rings. The highest BCUT2D eigenvalue weighted by Gasteiger charge is 2.22. The number of carboxylic acids is 1. The van der Waals surface area contributed by atoms with Gasteiger partial charge in [-0.3, -0.25) is 0 Å². The van der Waals surface area contributed by atoms with E-state index in [4.69, 9.17) is 0 Å². The van der Waals surface area contributed by atoms with E-state index in [0.717, 1.165) is 22.0 Å². The molecule has 0 radical (unpaired) electrons. The van der Waals surface area contributed by atoms with Crippen molar-refractivity contribution < 1.29 is 9.90 Å². The van der Waals surface area contributed by atoms with E-state index in [-0.39, 0.29) is 0 Å². The van der Waals surface area contributed by atoms with E-state index in [0.29, 0.717) is 6.42 Å². The van der Waals surface area contributed by atoms with Crippen LogP contribution in [0, 0.1) is 0 Å². The molecule has 5 heteroatoms. The number of fused-ring (bicyclic) bond motifs is 1. The van der Waals surface area contributed by atoms with E-state index in [1.807, 2.05) is 49.4 Å².